The predicted octanol–water partition coefficient (Wildman–Crippen LogP) is 2.17. The number of hydrogen-bond donors (Lipinski definition) is 1. The Hall–Kier alpha value is -2.14. The van der Waals surface area contributed by atoms with E-state index in [2.05, 4.69) is 5.10 Å². The lowest BCUT2D eigenvalue weighted by Gasteiger charge is -2.30. The Morgan fingerprint density at radius 3 is 2.60 bits per heavy atom. The van der Waals surface area contributed by atoms with E-state index in [9.17, 15) is 9.90 Å². The molecule has 0 atom stereocenters. The lowest BCUT2D eigenvalue weighted by atomic mass is 10.0. The van der Waals surface area contributed by atoms with Crippen LogP contribution in [0.4, 0.5) is 0 Å². The molecule has 0 spiro atoms. The first-order valence-corrected chi connectivity index (χ1v) is 6.45. The number of hydrogen-bond acceptors (Lipinski definition) is 3. The fourth-order valence-corrected chi connectivity index (χ4v) is 1.80. The number of carbonyl (C=O) groups is 1. The maximum Gasteiger partial charge on any atom is 0.323 e. The molecule has 20 heavy (non-hydrogen) atoms. The van der Waals surface area contributed by atoms with Crippen molar-refractivity contribution in [1.82, 2.24) is 14.7 Å². The highest BCUT2D eigenvalue weighted by Gasteiger charge is 2.31. The van der Waals surface area contributed by atoms with Crippen molar-refractivity contribution in [3.63, 3.8) is 0 Å². The zero-order valence-corrected chi connectivity index (χ0v) is 11.9. The molecule has 0 bridgehead atoms. The Labute approximate surface area is 118 Å². The Kier molecular flexibility index (Phi) is 3.90. The van der Waals surface area contributed by atoms with E-state index in [1.165, 1.54) is 0 Å². The molecule has 1 N–H and O–H groups in total. The molecule has 106 valence electrons. The van der Waals surface area contributed by atoms with Crippen LogP contribution >= 0.6 is 0 Å². The van der Waals surface area contributed by atoms with E-state index in [0.717, 1.165) is 11.3 Å². The van der Waals surface area contributed by atoms with Crippen molar-refractivity contribution >= 4 is 5.97 Å². The van der Waals surface area contributed by atoms with Gasteiger partial charge in [-0.05, 0) is 33.0 Å². The molecule has 1 aromatic heterocycles. The highest BCUT2D eigenvalue weighted by molar-refractivity contribution is 5.77. The number of likely N-dealkylation sites (N-methyl/N-ethyl adjacent to an activating group) is 1. The van der Waals surface area contributed by atoms with E-state index >= 15 is 0 Å². The lowest BCUT2D eigenvalue weighted by Crippen LogP contribution is -2.47. The van der Waals surface area contributed by atoms with Crippen molar-refractivity contribution in [1.29, 1.82) is 0 Å². The maximum atomic E-state index is 11.2. The summed E-state index contributed by atoms with van der Waals surface area (Å²) >= 11 is 0. The van der Waals surface area contributed by atoms with Gasteiger partial charge in [-0.15, -0.1) is 0 Å². The number of para-hydroxylation sites is 1. The monoisotopic (exact) mass is 273 g/mol. The SMILES string of the molecule is CN(Cc1cnn(-c2ccccc2)c1)C(C)(C)C(=O)O. The molecule has 0 saturated carbocycles. The molecule has 0 aliphatic carbocycles. The number of aromatic nitrogens is 2. The van der Waals surface area contributed by atoms with Gasteiger partial charge in [-0.2, -0.15) is 5.10 Å². The largest absolute Gasteiger partial charge is 0.480 e. The van der Waals surface area contributed by atoms with Crippen LogP contribution in [0.2, 0.25) is 0 Å². The molecule has 0 saturated heterocycles. The molecule has 5 heteroatoms. The van der Waals surface area contributed by atoms with Gasteiger partial charge in [0, 0.05) is 18.3 Å². The first kappa shape index (κ1) is 14.3. The number of carboxylic acids is 1. The summed E-state index contributed by atoms with van der Waals surface area (Å²) in [6.07, 6.45) is 3.69. The van der Waals surface area contributed by atoms with Crippen LogP contribution in [0, 0.1) is 0 Å². The fourth-order valence-electron chi connectivity index (χ4n) is 1.80. The zero-order chi connectivity index (χ0) is 14.8. The average Bonchev–Trinajstić information content (AvgIpc) is 2.88. The molecule has 0 aliphatic heterocycles. The van der Waals surface area contributed by atoms with Gasteiger partial charge in [-0.1, -0.05) is 18.2 Å². The van der Waals surface area contributed by atoms with Gasteiger partial charge in [0.2, 0.25) is 0 Å². The van der Waals surface area contributed by atoms with Crippen LogP contribution in [0.25, 0.3) is 5.69 Å². The summed E-state index contributed by atoms with van der Waals surface area (Å²) in [5.74, 6) is -0.838. The van der Waals surface area contributed by atoms with Gasteiger partial charge in [0.25, 0.3) is 0 Å². The minimum atomic E-state index is -0.908. The molecule has 0 unspecified atom stereocenters. The smallest absolute Gasteiger partial charge is 0.323 e. The Morgan fingerprint density at radius 1 is 1.35 bits per heavy atom. The summed E-state index contributed by atoms with van der Waals surface area (Å²) in [6.45, 7) is 3.92. The molecule has 2 aromatic rings. The Morgan fingerprint density at radius 2 is 2.00 bits per heavy atom. The van der Waals surface area contributed by atoms with Crippen molar-refractivity contribution in [3.8, 4) is 5.69 Å². The van der Waals surface area contributed by atoms with Crippen molar-refractivity contribution in [2.24, 2.45) is 0 Å². The summed E-state index contributed by atoms with van der Waals surface area (Å²) in [7, 11) is 1.80. The maximum absolute atomic E-state index is 11.2. The van der Waals surface area contributed by atoms with Crippen LogP contribution in [0.15, 0.2) is 42.7 Å². The zero-order valence-electron chi connectivity index (χ0n) is 11.9. The van der Waals surface area contributed by atoms with Gasteiger partial charge in [-0.3, -0.25) is 9.69 Å². The van der Waals surface area contributed by atoms with Gasteiger partial charge < -0.3 is 5.11 Å². The van der Waals surface area contributed by atoms with E-state index in [-0.39, 0.29) is 0 Å². The van der Waals surface area contributed by atoms with Crippen LogP contribution in [0.1, 0.15) is 19.4 Å². The van der Waals surface area contributed by atoms with Crippen molar-refractivity contribution < 1.29 is 9.90 Å². The fraction of sp³-hybridized carbons (Fsp3) is 0.333. The van der Waals surface area contributed by atoms with Crippen LogP contribution < -0.4 is 0 Å². The van der Waals surface area contributed by atoms with E-state index in [4.69, 9.17) is 0 Å². The summed E-state index contributed by atoms with van der Waals surface area (Å²) < 4.78 is 1.79. The molecule has 1 heterocycles. The molecule has 0 fully saturated rings. The van der Waals surface area contributed by atoms with Crippen LogP contribution in [0.5, 0.6) is 0 Å². The summed E-state index contributed by atoms with van der Waals surface area (Å²) in [5, 5.41) is 13.5. The molecule has 0 radical (unpaired) electrons. The minimum Gasteiger partial charge on any atom is -0.480 e. The molecular formula is C15H19N3O2. The van der Waals surface area contributed by atoms with E-state index in [0.29, 0.717) is 6.54 Å². The number of carboxylic acid groups (broad SMARTS) is 1. The second kappa shape index (κ2) is 5.46. The van der Waals surface area contributed by atoms with Gasteiger partial charge in [0.05, 0.1) is 11.9 Å². The summed E-state index contributed by atoms with van der Waals surface area (Å²) in [6, 6.07) is 9.81. The molecule has 5 nitrogen and oxygen atoms in total. The molecular weight excluding hydrogens is 254 g/mol. The van der Waals surface area contributed by atoms with Crippen molar-refractivity contribution in [2.75, 3.05) is 7.05 Å². The van der Waals surface area contributed by atoms with Crippen molar-refractivity contribution in [2.45, 2.75) is 25.9 Å². The van der Waals surface area contributed by atoms with Crippen LogP contribution in [0.3, 0.4) is 0 Å². The van der Waals surface area contributed by atoms with Gasteiger partial charge in [0.15, 0.2) is 0 Å². The van der Waals surface area contributed by atoms with E-state index in [1.807, 2.05) is 36.5 Å². The second-order valence-corrected chi connectivity index (χ2v) is 5.35. The minimum absolute atomic E-state index is 0.534. The topological polar surface area (TPSA) is 58.4 Å². The molecule has 1 aromatic carbocycles. The predicted molar refractivity (Wildman–Crippen MR) is 76.7 cm³/mol. The quantitative estimate of drug-likeness (QED) is 0.907. The lowest BCUT2D eigenvalue weighted by molar-refractivity contribution is -0.148. The highest BCUT2D eigenvalue weighted by atomic mass is 16.4. The highest BCUT2D eigenvalue weighted by Crippen LogP contribution is 2.16. The number of benzene rings is 1. The van der Waals surface area contributed by atoms with Gasteiger partial charge >= 0.3 is 5.97 Å². The van der Waals surface area contributed by atoms with Crippen LogP contribution in [-0.4, -0.2) is 38.3 Å². The summed E-state index contributed by atoms with van der Waals surface area (Å²) in [5.41, 5.74) is 1.05. The number of nitrogens with zero attached hydrogens (tertiary/aromatic N) is 3. The first-order chi connectivity index (χ1) is 9.41. The van der Waals surface area contributed by atoms with Crippen LogP contribution in [-0.2, 0) is 11.3 Å². The van der Waals surface area contributed by atoms with E-state index in [1.54, 1.807) is 36.7 Å². The third-order valence-electron chi connectivity index (χ3n) is 3.55. The normalized spacial score (nSPS) is 11.8. The van der Waals surface area contributed by atoms with Gasteiger partial charge in [0.1, 0.15) is 5.54 Å². The Bertz CT molecular complexity index is 590. The third kappa shape index (κ3) is 2.88. The molecule has 0 amide bonds. The second-order valence-electron chi connectivity index (χ2n) is 5.35. The molecule has 2 rings (SSSR count). The third-order valence-corrected chi connectivity index (χ3v) is 3.55. The Balaban J connectivity index is 2.13. The molecule has 0 aliphatic rings. The standard InChI is InChI=1S/C15H19N3O2/c1-15(2,14(19)20)17(3)10-12-9-16-18(11-12)13-7-5-4-6-8-13/h4-9,11H,10H2,1-3H3,(H,19,20). The van der Waals surface area contributed by atoms with Gasteiger partial charge in [-0.25, -0.2) is 4.68 Å². The number of rotatable bonds is 5. The first-order valence-electron chi connectivity index (χ1n) is 6.45. The average molecular weight is 273 g/mol. The number of aliphatic carboxylic acids is 1. The summed E-state index contributed by atoms with van der Waals surface area (Å²) in [4.78, 5) is 13.0. The van der Waals surface area contributed by atoms with Crippen molar-refractivity contribution in [3.05, 3.63) is 48.3 Å². The van der Waals surface area contributed by atoms with E-state index < -0.39 is 11.5 Å².